The highest BCUT2D eigenvalue weighted by Crippen LogP contribution is 2.42. The molecule has 1 aromatic carbocycles. The van der Waals surface area contributed by atoms with E-state index in [4.69, 9.17) is 10.5 Å². The highest BCUT2D eigenvalue weighted by atomic mass is 19.1. The van der Waals surface area contributed by atoms with Gasteiger partial charge in [0.25, 0.3) is 0 Å². The van der Waals surface area contributed by atoms with E-state index in [1.165, 1.54) is 12.1 Å². The van der Waals surface area contributed by atoms with E-state index >= 15 is 0 Å². The second-order valence-electron chi connectivity index (χ2n) is 5.08. The molecule has 3 nitrogen and oxygen atoms in total. The lowest BCUT2D eigenvalue weighted by molar-refractivity contribution is -0.0584. The molecule has 100 valence electrons. The molecule has 0 bridgehead atoms. The van der Waals surface area contributed by atoms with Crippen LogP contribution in [0.25, 0.3) is 0 Å². The average molecular weight is 253 g/mol. The molecule has 1 aromatic rings. The van der Waals surface area contributed by atoms with Crippen molar-refractivity contribution in [3.05, 3.63) is 35.1 Å². The van der Waals surface area contributed by atoms with Crippen molar-refractivity contribution in [2.45, 2.75) is 25.9 Å². The molecule has 1 heterocycles. The van der Waals surface area contributed by atoms with Crippen LogP contribution in [0.3, 0.4) is 0 Å². The van der Waals surface area contributed by atoms with Crippen LogP contribution in [-0.2, 0) is 4.74 Å². The fourth-order valence-corrected chi connectivity index (χ4v) is 2.60. The molecule has 1 aliphatic rings. The van der Waals surface area contributed by atoms with E-state index < -0.39 is 11.5 Å². The lowest BCUT2D eigenvalue weighted by Gasteiger charge is -2.40. The Morgan fingerprint density at radius 3 is 2.72 bits per heavy atom. The Hall–Kier alpha value is -0.970. The van der Waals surface area contributed by atoms with Gasteiger partial charge in [0.05, 0.1) is 6.10 Å². The topological polar surface area (TPSA) is 55.5 Å². The third kappa shape index (κ3) is 2.41. The highest BCUT2D eigenvalue weighted by Gasteiger charge is 2.39. The minimum Gasteiger partial charge on any atom is -0.388 e. The molecule has 0 aliphatic carbocycles. The van der Waals surface area contributed by atoms with Crippen molar-refractivity contribution < 1.29 is 14.2 Å². The monoisotopic (exact) mass is 253 g/mol. The van der Waals surface area contributed by atoms with Crippen LogP contribution in [0.2, 0.25) is 0 Å². The predicted molar refractivity (Wildman–Crippen MR) is 67.6 cm³/mol. The summed E-state index contributed by atoms with van der Waals surface area (Å²) in [5.74, 6) is -0.325. The first kappa shape index (κ1) is 13.5. The molecule has 2 rings (SSSR count). The Bertz CT molecular complexity index is 416. The molecule has 0 spiro atoms. The highest BCUT2D eigenvalue weighted by molar-refractivity contribution is 5.30. The van der Waals surface area contributed by atoms with E-state index in [-0.39, 0.29) is 5.82 Å². The molecule has 1 fully saturated rings. The molecule has 1 saturated heterocycles. The second-order valence-corrected chi connectivity index (χ2v) is 5.08. The summed E-state index contributed by atoms with van der Waals surface area (Å²) in [5, 5.41) is 10.6. The third-order valence-electron chi connectivity index (χ3n) is 4.01. The normalized spacial score (nSPS) is 20.7. The van der Waals surface area contributed by atoms with Gasteiger partial charge in [0.2, 0.25) is 0 Å². The van der Waals surface area contributed by atoms with Gasteiger partial charge in [-0.25, -0.2) is 4.39 Å². The molecule has 18 heavy (non-hydrogen) atoms. The van der Waals surface area contributed by atoms with Crippen LogP contribution in [0, 0.1) is 18.2 Å². The summed E-state index contributed by atoms with van der Waals surface area (Å²) in [4.78, 5) is 0. The zero-order valence-corrected chi connectivity index (χ0v) is 10.7. The van der Waals surface area contributed by atoms with Gasteiger partial charge in [0.15, 0.2) is 0 Å². The molecular weight excluding hydrogens is 233 g/mol. The van der Waals surface area contributed by atoms with Gasteiger partial charge < -0.3 is 15.6 Å². The fraction of sp³-hybridized carbons (Fsp3) is 0.571. The quantitative estimate of drug-likeness (QED) is 0.865. The number of nitrogens with two attached hydrogens (primary N) is 1. The molecule has 4 heteroatoms. The van der Waals surface area contributed by atoms with Gasteiger partial charge in [-0.15, -0.1) is 0 Å². The molecule has 1 aliphatic heterocycles. The minimum absolute atomic E-state index is 0.325. The van der Waals surface area contributed by atoms with Gasteiger partial charge in [0.1, 0.15) is 5.82 Å². The SMILES string of the molecule is Cc1ccc(F)cc1C(O)C1(CN)CCOCC1. The lowest BCUT2D eigenvalue weighted by atomic mass is 9.72. The van der Waals surface area contributed by atoms with E-state index in [0.29, 0.717) is 38.2 Å². The number of halogens is 1. The predicted octanol–water partition coefficient (Wildman–Crippen LogP) is 1.92. The zero-order chi connectivity index (χ0) is 13.2. The van der Waals surface area contributed by atoms with E-state index in [0.717, 1.165) is 5.56 Å². The van der Waals surface area contributed by atoms with Crippen molar-refractivity contribution in [1.82, 2.24) is 0 Å². The summed E-state index contributed by atoms with van der Waals surface area (Å²) in [5.41, 5.74) is 7.00. The van der Waals surface area contributed by atoms with Gasteiger partial charge in [-0.2, -0.15) is 0 Å². The van der Waals surface area contributed by atoms with Gasteiger partial charge in [-0.3, -0.25) is 0 Å². The third-order valence-corrected chi connectivity index (χ3v) is 4.01. The maximum absolute atomic E-state index is 13.3. The Labute approximate surface area is 107 Å². The first-order valence-electron chi connectivity index (χ1n) is 6.31. The number of benzene rings is 1. The first-order chi connectivity index (χ1) is 8.59. The largest absolute Gasteiger partial charge is 0.388 e. The van der Waals surface area contributed by atoms with E-state index in [1.54, 1.807) is 6.07 Å². The summed E-state index contributed by atoms with van der Waals surface area (Å²) in [6.07, 6.45) is 0.684. The summed E-state index contributed by atoms with van der Waals surface area (Å²) < 4.78 is 18.7. The van der Waals surface area contributed by atoms with E-state index in [2.05, 4.69) is 0 Å². The average Bonchev–Trinajstić information content (AvgIpc) is 2.41. The van der Waals surface area contributed by atoms with Crippen LogP contribution in [0.15, 0.2) is 18.2 Å². The van der Waals surface area contributed by atoms with Crippen molar-refractivity contribution >= 4 is 0 Å². The fourth-order valence-electron chi connectivity index (χ4n) is 2.60. The van der Waals surface area contributed by atoms with Crippen molar-refractivity contribution in [2.24, 2.45) is 11.1 Å². The molecule has 0 amide bonds. The molecule has 0 aromatic heterocycles. The van der Waals surface area contributed by atoms with Gasteiger partial charge in [0, 0.05) is 25.2 Å². The number of hydrogen-bond acceptors (Lipinski definition) is 3. The van der Waals surface area contributed by atoms with Crippen molar-refractivity contribution in [3.63, 3.8) is 0 Å². The molecular formula is C14H20FNO2. The number of ether oxygens (including phenoxy) is 1. The van der Waals surface area contributed by atoms with Crippen LogP contribution < -0.4 is 5.73 Å². The number of aliphatic hydroxyl groups is 1. The summed E-state index contributed by atoms with van der Waals surface area (Å²) in [6, 6.07) is 4.51. The Kier molecular flexibility index (Phi) is 4.00. The molecule has 1 unspecified atom stereocenters. The van der Waals surface area contributed by atoms with Crippen molar-refractivity contribution in [3.8, 4) is 0 Å². The van der Waals surface area contributed by atoms with E-state index in [9.17, 15) is 9.50 Å². The second kappa shape index (κ2) is 5.34. The number of rotatable bonds is 3. The molecule has 1 atom stereocenters. The standard InChI is InChI=1S/C14H20FNO2/c1-10-2-3-11(15)8-12(10)13(17)14(9-16)4-6-18-7-5-14/h2-3,8,13,17H,4-7,9,16H2,1H3. The van der Waals surface area contributed by atoms with Crippen molar-refractivity contribution in [2.75, 3.05) is 19.8 Å². The Morgan fingerprint density at radius 2 is 2.11 bits per heavy atom. The van der Waals surface area contributed by atoms with Gasteiger partial charge >= 0.3 is 0 Å². The van der Waals surface area contributed by atoms with Crippen LogP contribution in [0.5, 0.6) is 0 Å². The van der Waals surface area contributed by atoms with Crippen LogP contribution in [-0.4, -0.2) is 24.9 Å². The first-order valence-corrected chi connectivity index (χ1v) is 6.31. The number of hydrogen-bond donors (Lipinski definition) is 2. The zero-order valence-electron chi connectivity index (χ0n) is 10.7. The smallest absolute Gasteiger partial charge is 0.123 e. The van der Waals surface area contributed by atoms with Crippen LogP contribution in [0.4, 0.5) is 4.39 Å². The Morgan fingerprint density at radius 1 is 1.44 bits per heavy atom. The summed E-state index contributed by atoms with van der Waals surface area (Å²) in [6.45, 7) is 3.46. The minimum atomic E-state index is -0.734. The van der Waals surface area contributed by atoms with Crippen LogP contribution in [0.1, 0.15) is 30.1 Å². The maximum Gasteiger partial charge on any atom is 0.123 e. The maximum atomic E-state index is 13.3. The number of aliphatic hydroxyl groups excluding tert-OH is 1. The van der Waals surface area contributed by atoms with Gasteiger partial charge in [-0.05, 0) is 43.0 Å². The van der Waals surface area contributed by atoms with Gasteiger partial charge in [-0.1, -0.05) is 6.07 Å². The van der Waals surface area contributed by atoms with Crippen LogP contribution >= 0.6 is 0 Å². The summed E-state index contributed by atoms with van der Waals surface area (Å²) in [7, 11) is 0. The lowest BCUT2D eigenvalue weighted by Crippen LogP contribution is -2.41. The number of aryl methyl sites for hydroxylation is 1. The summed E-state index contributed by atoms with van der Waals surface area (Å²) >= 11 is 0. The molecule has 3 N–H and O–H groups in total. The molecule has 0 saturated carbocycles. The van der Waals surface area contributed by atoms with E-state index in [1.807, 2.05) is 6.92 Å². The van der Waals surface area contributed by atoms with Crippen molar-refractivity contribution in [1.29, 1.82) is 0 Å². The Balaban J connectivity index is 2.33. The molecule has 0 radical (unpaired) electrons.